The maximum Gasteiger partial charge on any atom is 0.228 e. The molecule has 0 aromatic heterocycles. The fraction of sp³-hybridized carbons (Fsp3) is 0.500. The quantitative estimate of drug-likeness (QED) is 0.668. The molecule has 0 radical (unpaired) electrons. The Morgan fingerprint density at radius 1 is 1.24 bits per heavy atom. The van der Waals surface area contributed by atoms with Crippen LogP contribution in [0.25, 0.3) is 0 Å². The van der Waals surface area contributed by atoms with E-state index in [0.717, 1.165) is 5.56 Å². The number of hydrogen-bond donors (Lipinski definition) is 3. The van der Waals surface area contributed by atoms with E-state index in [2.05, 4.69) is 0 Å². The molecule has 4 unspecified atom stereocenters. The van der Waals surface area contributed by atoms with Gasteiger partial charge >= 0.3 is 0 Å². The Morgan fingerprint density at radius 3 is 2.71 bits per heavy atom. The van der Waals surface area contributed by atoms with Crippen LogP contribution in [0, 0.1) is 6.92 Å². The first-order valence-electron chi connectivity index (χ1n) is 5.47. The second-order valence-corrected chi connectivity index (χ2v) is 4.18. The summed E-state index contributed by atoms with van der Waals surface area (Å²) in [7, 11) is 0. The van der Waals surface area contributed by atoms with Crippen molar-refractivity contribution in [2.75, 3.05) is 6.61 Å². The Bertz CT molecular complexity index is 381. The molecule has 0 aliphatic carbocycles. The highest BCUT2D eigenvalue weighted by Gasteiger charge is 2.38. The van der Waals surface area contributed by atoms with Gasteiger partial charge in [-0.15, -0.1) is 0 Å². The third-order valence-corrected chi connectivity index (χ3v) is 2.70. The Morgan fingerprint density at radius 2 is 2.00 bits per heavy atom. The van der Waals surface area contributed by atoms with Gasteiger partial charge in [0.25, 0.3) is 0 Å². The summed E-state index contributed by atoms with van der Waals surface area (Å²) in [5.74, 6) is 0.553. The van der Waals surface area contributed by atoms with Crippen molar-refractivity contribution < 1.29 is 24.8 Å². The first-order valence-corrected chi connectivity index (χ1v) is 5.47. The zero-order valence-corrected chi connectivity index (χ0v) is 9.48. The summed E-state index contributed by atoms with van der Waals surface area (Å²) >= 11 is 0. The minimum absolute atomic E-state index is 0.0608. The molecular weight excluding hydrogens is 224 g/mol. The van der Waals surface area contributed by atoms with Crippen LogP contribution >= 0.6 is 0 Å². The first-order chi connectivity index (χ1) is 8.08. The number of rotatable bonds is 2. The average molecular weight is 240 g/mol. The van der Waals surface area contributed by atoms with Gasteiger partial charge in [-0.25, -0.2) is 0 Å². The van der Waals surface area contributed by atoms with Gasteiger partial charge in [0.2, 0.25) is 6.29 Å². The van der Waals surface area contributed by atoms with E-state index in [1.165, 1.54) is 0 Å². The summed E-state index contributed by atoms with van der Waals surface area (Å²) in [4.78, 5) is 0. The van der Waals surface area contributed by atoms with Crippen LogP contribution in [0.3, 0.4) is 0 Å². The standard InChI is InChI=1S/C12H16O5/c1-7-3-2-4-8(5-7)17-12-11(15)10(14)9(13)6-16-12/h2-5,9-15H,6H2,1H3. The summed E-state index contributed by atoms with van der Waals surface area (Å²) in [5.41, 5.74) is 1.02. The molecule has 1 aromatic carbocycles. The van der Waals surface area contributed by atoms with Gasteiger partial charge in [0.15, 0.2) is 0 Å². The second kappa shape index (κ2) is 5.01. The number of aliphatic hydroxyl groups excluding tert-OH is 3. The van der Waals surface area contributed by atoms with E-state index in [0.29, 0.717) is 5.75 Å². The molecule has 1 saturated heterocycles. The molecule has 0 saturated carbocycles. The highest BCUT2D eigenvalue weighted by Crippen LogP contribution is 2.21. The zero-order chi connectivity index (χ0) is 12.4. The fourth-order valence-electron chi connectivity index (χ4n) is 1.71. The SMILES string of the molecule is Cc1cccc(OC2OCC(O)C(O)C2O)c1. The van der Waals surface area contributed by atoms with Crippen LogP contribution in [-0.2, 0) is 4.74 Å². The maximum absolute atomic E-state index is 9.68. The smallest absolute Gasteiger partial charge is 0.228 e. The number of aliphatic hydroxyl groups is 3. The lowest BCUT2D eigenvalue weighted by molar-refractivity contribution is -0.242. The second-order valence-electron chi connectivity index (χ2n) is 4.18. The van der Waals surface area contributed by atoms with Crippen LogP contribution in [-0.4, -0.2) is 46.5 Å². The predicted octanol–water partition coefficient (Wildman–Crippen LogP) is -0.187. The molecule has 2 rings (SSSR count). The topological polar surface area (TPSA) is 79.2 Å². The van der Waals surface area contributed by atoms with Gasteiger partial charge < -0.3 is 24.8 Å². The lowest BCUT2D eigenvalue weighted by atomic mass is 10.1. The third-order valence-electron chi connectivity index (χ3n) is 2.70. The van der Waals surface area contributed by atoms with Gasteiger partial charge in [-0.05, 0) is 24.6 Å². The largest absolute Gasteiger partial charge is 0.462 e. The van der Waals surface area contributed by atoms with Gasteiger partial charge in [-0.1, -0.05) is 12.1 Å². The number of benzene rings is 1. The van der Waals surface area contributed by atoms with Crippen LogP contribution in [0.4, 0.5) is 0 Å². The van der Waals surface area contributed by atoms with Crippen LogP contribution in [0.15, 0.2) is 24.3 Å². The molecule has 0 bridgehead atoms. The average Bonchev–Trinajstić information content (AvgIpc) is 2.30. The molecule has 17 heavy (non-hydrogen) atoms. The first kappa shape index (κ1) is 12.3. The Labute approximate surface area is 99.2 Å². The van der Waals surface area contributed by atoms with Crippen molar-refractivity contribution in [1.82, 2.24) is 0 Å². The van der Waals surface area contributed by atoms with Crippen LogP contribution in [0.5, 0.6) is 5.75 Å². The Balaban J connectivity index is 2.04. The van der Waals surface area contributed by atoms with Crippen LogP contribution in [0.2, 0.25) is 0 Å². The third kappa shape index (κ3) is 2.76. The highest BCUT2D eigenvalue weighted by molar-refractivity contribution is 5.27. The molecule has 5 nitrogen and oxygen atoms in total. The number of aryl methyl sites for hydroxylation is 1. The Hall–Kier alpha value is -1.14. The molecule has 1 aliphatic rings. The number of ether oxygens (including phenoxy) is 2. The van der Waals surface area contributed by atoms with Crippen molar-refractivity contribution in [2.45, 2.75) is 31.5 Å². The van der Waals surface area contributed by atoms with E-state index in [1.54, 1.807) is 12.1 Å². The monoisotopic (exact) mass is 240 g/mol. The molecule has 0 amide bonds. The summed E-state index contributed by atoms with van der Waals surface area (Å²) in [6.07, 6.45) is -4.56. The van der Waals surface area contributed by atoms with Crippen molar-refractivity contribution >= 4 is 0 Å². The predicted molar refractivity (Wildman–Crippen MR) is 59.6 cm³/mol. The van der Waals surface area contributed by atoms with E-state index in [4.69, 9.17) is 9.47 Å². The molecule has 1 aromatic rings. The minimum Gasteiger partial charge on any atom is -0.462 e. The lowest BCUT2D eigenvalue weighted by Gasteiger charge is -2.34. The van der Waals surface area contributed by atoms with Gasteiger partial charge in [0.1, 0.15) is 24.1 Å². The van der Waals surface area contributed by atoms with Crippen molar-refractivity contribution in [1.29, 1.82) is 0 Å². The van der Waals surface area contributed by atoms with E-state index in [1.807, 2.05) is 19.1 Å². The molecule has 4 atom stereocenters. The molecule has 1 fully saturated rings. The number of hydrogen-bond acceptors (Lipinski definition) is 5. The van der Waals surface area contributed by atoms with E-state index in [9.17, 15) is 15.3 Å². The highest BCUT2D eigenvalue weighted by atomic mass is 16.7. The summed E-state index contributed by atoms with van der Waals surface area (Å²) in [6.45, 7) is 1.86. The van der Waals surface area contributed by atoms with Crippen molar-refractivity contribution in [3.05, 3.63) is 29.8 Å². The van der Waals surface area contributed by atoms with Crippen molar-refractivity contribution in [3.63, 3.8) is 0 Å². The van der Waals surface area contributed by atoms with E-state index in [-0.39, 0.29) is 6.61 Å². The summed E-state index contributed by atoms with van der Waals surface area (Å²) < 4.78 is 10.6. The zero-order valence-electron chi connectivity index (χ0n) is 9.48. The van der Waals surface area contributed by atoms with Crippen molar-refractivity contribution in [2.24, 2.45) is 0 Å². The van der Waals surface area contributed by atoms with Crippen LogP contribution in [0.1, 0.15) is 5.56 Å². The van der Waals surface area contributed by atoms with E-state index < -0.39 is 24.6 Å². The summed E-state index contributed by atoms with van der Waals surface area (Å²) in [6, 6.07) is 7.28. The molecule has 1 heterocycles. The molecular formula is C12H16O5. The molecule has 5 heteroatoms. The van der Waals surface area contributed by atoms with Gasteiger partial charge in [-0.2, -0.15) is 0 Å². The Kier molecular flexibility index (Phi) is 3.63. The van der Waals surface area contributed by atoms with Crippen LogP contribution < -0.4 is 4.74 Å². The van der Waals surface area contributed by atoms with Crippen molar-refractivity contribution in [3.8, 4) is 5.75 Å². The molecule has 0 spiro atoms. The molecule has 1 aliphatic heterocycles. The van der Waals surface area contributed by atoms with Gasteiger partial charge in [0.05, 0.1) is 6.61 Å². The lowest BCUT2D eigenvalue weighted by Crippen LogP contribution is -2.54. The minimum atomic E-state index is -1.26. The van der Waals surface area contributed by atoms with Gasteiger partial charge in [0, 0.05) is 0 Å². The summed E-state index contributed by atoms with van der Waals surface area (Å²) in [5, 5.41) is 28.5. The maximum atomic E-state index is 9.68. The molecule has 3 N–H and O–H groups in total. The molecule has 94 valence electrons. The van der Waals surface area contributed by atoms with Gasteiger partial charge in [-0.3, -0.25) is 0 Å². The normalized spacial score (nSPS) is 33.4. The fourth-order valence-corrected chi connectivity index (χ4v) is 1.71. The van der Waals surface area contributed by atoms with E-state index >= 15 is 0 Å².